The summed E-state index contributed by atoms with van der Waals surface area (Å²) in [6, 6.07) is 0. The van der Waals surface area contributed by atoms with E-state index in [2.05, 4.69) is 0 Å². The number of rotatable bonds is 0. The molecule has 12 nitrogen and oxygen atoms in total. The predicted molar refractivity (Wildman–Crippen MR) is 31.5 cm³/mol. The van der Waals surface area contributed by atoms with Crippen molar-refractivity contribution >= 4 is 46.8 Å². The summed E-state index contributed by atoms with van der Waals surface area (Å²) in [6.07, 6.45) is 0. The summed E-state index contributed by atoms with van der Waals surface area (Å²) >= 11 is 0. The van der Waals surface area contributed by atoms with Gasteiger partial charge in [-0.2, -0.15) is 0 Å². The van der Waals surface area contributed by atoms with Crippen LogP contribution in [0.2, 0.25) is 0 Å². The van der Waals surface area contributed by atoms with Gasteiger partial charge in [-0.05, 0) is 0 Å². The molecule has 1 radical (unpaired) electrons. The minimum atomic E-state index is -3.63. The molecule has 0 bridgehead atoms. The zero-order valence-corrected chi connectivity index (χ0v) is 16.5. The average molecular weight is 458 g/mol. The molecule has 0 heterocycles. The van der Waals surface area contributed by atoms with Gasteiger partial charge in [0.15, 0.2) is 0 Å². The monoisotopic (exact) mass is 458 g/mol. The maximum atomic E-state index is 8.52. The summed E-state index contributed by atoms with van der Waals surface area (Å²) in [5.41, 5.74) is 0. The van der Waals surface area contributed by atoms with Gasteiger partial charge >= 0.3 is 59.9 Å². The van der Waals surface area contributed by atoms with Crippen LogP contribution in [0.25, 0.3) is 0 Å². The van der Waals surface area contributed by atoms with E-state index in [1.807, 2.05) is 0 Å². The molecule has 0 aromatic carbocycles. The van der Waals surface area contributed by atoms with E-state index in [-0.39, 0.29) is 59.9 Å². The molecule has 0 rings (SSSR count). The zero-order valence-electron chi connectivity index (χ0n) is 8.54. The molecule has 0 N–H and O–H groups in total. The first-order valence-electron chi connectivity index (χ1n) is 2.45. The van der Waals surface area contributed by atoms with Crippen LogP contribution in [0.4, 0.5) is 0 Å². The molecule has 0 saturated heterocycles. The normalized spacial score (nSPS) is 5.05. The minimum Gasteiger partial charge on any atom is -0.672 e. The molecule has 0 aromatic heterocycles. The third-order valence-corrected chi connectivity index (χ3v) is 0. The smallest absolute Gasteiger partial charge is 0.672 e. The molecule has 0 fully saturated rings. The minimum absolute atomic E-state index is 0. The van der Waals surface area contributed by atoms with E-state index < -0.39 is 36.7 Å². The molecule has 0 saturated carbocycles. The summed E-state index contributed by atoms with van der Waals surface area (Å²) in [4.78, 5) is 68.1. The fourth-order valence-electron chi connectivity index (χ4n) is 0. The van der Waals surface area contributed by atoms with Crippen LogP contribution in [0.1, 0.15) is 0 Å². The van der Waals surface area contributed by atoms with Crippen LogP contribution < -0.4 is 38.4 Å². The van der Waals surface area contributed by atoms with Gasteiger partial charge in [-0.3, -0.25) is 0 Å². The van der Waals surface area contributed by atoms with E-state index in [1.165, 1.54) is 0 Å². The van der Waals surface area contributed by atoms with Gasteiger partial charge in [0, 0.05) is 36.7 Å². The summed E-state index contributed by atoms with van der Waals surface area (Å²) in [5, 5.41) is 0. The molecule has 0 atom stereocenters. The topological polar surface area (TPSA) is 253 Å². The van der Waals surface area contributed by atoms with E-state index in [1.54, 1.807) is 0 Å². The van der Waals surface area contributed by atoms with Crippen molar-refractivity contribution in [3.8, 4) is 0 Å². The van der Waals surface area contributed by atoms with Gasteiger partial charge in [0.2, 0.25) is 0 Å². The first kappa shape index (κ1) is 42.7. The Morgan fingerprint density at radius 3 is 0.474 bits per heavy atom. The second-order valence-corrected chi connectivity index (χ2v) is 3.00. The summed E-state index contributed by atoms with van der Waals surface area (Å²) in [7, 11) is -14.5. The van der Waals surface area contributed by atoms with Crippen LogP contribution in [0, 0.1) is 0 Å². The molecule has 0 aliphatic heterocycles. The quantitative estimate of drug-likeness (QED) is 0.307. The number of hydrogen-bond donors (Lipinski definition) is 0. The maximum absolute atomic E-state index is 8.52. The first-order valence-corrected chi connectivity index (χ1v) is 7.35. The number of hydrogen-bond acceptors (Lipinski definition) is 12. The first-order chi connectivity index (χ1) is 6.93. The predicted octanol–water partition coefficient (Wildman–Crippen LogP) is -11.9. The van der Waals surface area contributed by atoms with Gasteiger partial charge < -0.3 is 56.2 Å². The van der Waals surface area contributed by atoms with Crippen LogP contribution in [0.3, 0.4) is 0 Å². The van der Waals surface area contributed by atoms with Gasteiger partial charge in [-0.25, -0.2) is 0 Å². The van der Waals surface area contributed by atoms with Crippen molar-refractivity contribution < 1.29 is 106 Å². The molecule has 101 valence electrons. The fraction of sp³-hybridized carbons (Fsp3) is 0. The van der Waals surface area contributed by atoms with Crippen LogP contribution in [-0.2, 0) is 67.6 Å². The second-order valence-electron chi connectivity index (χ2n) is 1.00. The van der Waals surface area contributed by atoms with Crippen molar-refractivity contribution in [2.45, 2.75) is 0 Å². The van der Waals surface area contributed by atoms with Crippen molar-refractivity contribution in [2.24, 2.45) is 0 Å². The van der Waals surface area contributed by atoms with Crippen molar-refractivity contribution in [1.82, 2.24) is 0 Å². The molecule has 0 spiro atoms. The van der Waals surface area contributed by atoms with Crippen LogP contribution in [0.5, 0.6) is 0 Å². The Morgan fingerprint density at radius 2 is 0.474 bits per heavy atom. The summed E-state index contributed by atoms with van der Waals surface area (Å²) in [6.45, 7) is 0. The molecule has 0 aromatic rings. The summed E-state index contributed by atoms with van der Waals surface area (Å²) < 4.78 is 34.1. The van der Waals surface area contributed by atoms with Crippen LogP contribution in [-0.4, -0.2) is 46.8 Å². The molecule has 0 amide bonds. The van der Waals surface area contributed by atoms with Gasteiger partial charge in [-0.15, -0.1) is 0 Å². The molecule has 0 aliphatic carbocycles. The van der Waals surface area contributed by atoms with Gasteiger partial charge in [0.05, 0.1) is 0 Å². The van der Waals surface area contributed by atoms with Crippen molar-refractivity contribution in [1.29, 1.82) is 0 Å². The Balaban J connectivity index is -0.0000000192. The maximum Gasteiger partial charge on any atom is 3.00 e. The molecule has 0 aliphatic rings. The van der Waals surface area contributed by atoms with Gasteiger partial charge in [0.25, 0.3) is 0 Å². The molecule has 19 heavy (non-hydrogen) atoms. The zero-order chi connectivity index (χ0) is 14.3. The largest absolute Gasteiger partial charge is 3.00 e. The van der Waals surface area contributed by atoms with Gasteiger partial charge in [-0.1, -0.05) is 0 Å². The van der Waals surface area contributed by atoms with Crippen LogP contribution in [0.15, 0.2) is 0 Å². The summed E-state index contributed by atoms with van der Waals surface area (Å²) in [5.74, 6) is 0. The van der Waals surface area contributed by atoms with E-state index >= 15 is 0 Å². The molecular weight excluding hydrogens is 458 g/mol. The Morgan fingerprint density at radius 1 is 0.474 bits per heavy atom. The van der Waals surface area contributed by atoms with Crippen LogP contribution >= 0.6 is 0 Å². The van der Waals surface area contributed by atoms with Crippen molar-refractivity contribution in [2.75, 3.05) is 0 Å². The standard InChI is InChI=1S/Be.Fe.4O3Si.Y/c;;4*1-4(2)3;/q+2;+3;4*-2;+3. The van der Waals surface area contributed by atoms with Crippen molar-refractivity contribution in [3.05, 3.63) is 0 Å². The molecule has 19 heteroatoms. The Labute approximate surface area is 151 Å². The van der Waals surface area contributed by atoms with E-state index in [0.717, 1.165) is 0 Å². The Hall–Kier alpha value is 0.260. The van der Waals surface area contributed by atoms with E-state index in [4.69, 9.17) is 56.2 Å². The third-order valence-electron chi connectivity index (χ3n) is 0. The average Bonchev–Trinajstić information content (AvgIpc) is 1.76. The third kappa shape index (κ3) is 71600. The van der Waals surface area contributed by atoms with E-state index in [0.29, 0.717) is 0 Å². The molecular formula is BeFeO12Si4Y. The SMILES string of the molecule is O=[Si]([O-])[O-].O=[Si]([O-])[O-].O=[Si]([O-])[O-].O=[Si]([O-])[O-].[Be+2].[Fe+3].[Y+3]. The van der Waals surface area contributed by atoms with Gasteiger partial charge in [0.1, 0.15) is 0 Å². The Bertz CT molecular complexity index is 170. The molecule has 0 unspecified atom stereocenters. The second kappa shape index (κ2) is 36.2. The fourth-order valence-corrected chi connectivity index (χ4v) is 0. The Kier molecular flexibility index (Phi) is 81.4. The van der Waals surface area contributed by atoms with E-state index in [9.17, 15) is 0 Å². The van der Waals surface area contributed by atoms with Crippen molar-refractivity contribution in [3.63, 3.8) is 0 Å².